The molecule has 4 nitrogen and oxygen atoms in total. The van der Waals surface area contributed by atoms with Crippen LogP contribution < -0.4 is 10.5 Å². The highest BCUT2D eigenvalue weighted by molar-refractivity contribution is 5.86. The summed E-state index contributed by atoms with van der Waals surface area (Å²) in [7, 11) is 0. The topological polar surface area (TPSA) is 72.2 Å². The zero-order valence-corrected chi connectivity index (χ0v) is 11.3. The fraction of sp³-hybridized carbons (Fsp3) is 0.118. The van der Waals surface area contributed by atoms with Crippen LogP contribution >= 0.6 is 0 Å². The van der Waals surface area contributed by atoms with Gasteiger partial charge in [0.05, 0.1) is 11.4 Å². The van der Waals surface area contributed by atoms with Gasteiger partial charge in [-0.05, 0) is 17.7 Å². The molecule has 1 unspecified atom stereocenters. The van der Waals surface area contributed by atoms with E-state index < -0.39 is 0 Å². The zero-order valence-electron chi connectivity index (χ0n) is 11.3. The van der Waals surface area contributed by atoms with Gasteiger partial charge in [0, 0.05) is 0 Å². The Morgan fingerprint density at radius 3 is 2.57 bits per heavy atom. The lowest BCUT2D eigenvalue weighted by molar-refractivity contribution is 0.289. The van der Waals surface area contributed by atoms with Crippen molar-refractivity contribution in [3.8, 4) is 11.8 Å². The Hall–Kier alpha value is -2.77. The Balaban J connectivity index is 1.84. The van der Waals surface area contributed by atoms with E-state index in [0.29, 0.717) is 11.3 Å². The van der Waals surface area contributed by atoms with Crippen molar-refractivity contribution in [3.63, 3.8) is 0 Å². The lowest BCUT2D eigenvalue weighted by Gasteiger charge is -2.12. The number of nitrogens with zero attached hydrogens (tertiary/aromatic N) is 1. The smallest absolute Gasteiger partial charge is 0.246 e. The van der Waals surface area contributed by atoms with Crippen LogP contribution in [-0.4, -0.2) is 6.61 Å². The van der Waals surface area contributed by atoms with Gasteiger partial charge >= 0.3 is 0 Å². The lowest BCUT2D eigenvalue weighted by atomic mass is 10.1. The first kappa shape index (κ1) is 13.2. The van der Waals surface area contributed by atoms with E-state index in [9.17, 15) is 0 Å². The van der Waals surface area contributed by atoms with Gasteiger partial charge in [-0.15, -0.1) is 0 Å². The number of hydrogen-bond donors (Lipinski definition) is 1. The predicted octanol–water partition coefficient (Wildman–Crippen LogP) is 3.38. The zero-order chi connectivity index (χ0) is 14.7. The van der Waals surface area contributed by atoms with Crippen LogP contribution in [0.15, 0.2) is 59.0 Å². The third-order valence-corrected chi connectivity index (χ3v) is 3.29. The van der Waals surface area contributed by atoms with Gasteiger partial charge in [0.15, 0.2) is 5.75 Å². The van der Waals surface area contributed by atoms with E-state index in [1.807, 2.05) is 54.6 Å². The third kappa shape index (κ3) is 2.60. The number of ether oxygens (including phenoxy) is 1. The minimum Gasteiger partial charge on any atom is -0.486 e. The van der Waals surface area contributed by atoms with Crippen molar-refractivity contribution in [2.45, 2.75) is 6.04 Å². The summed E-state index contributed by atoms with van der Waals surface area (Å²) in [6, 6.07) is 18.9. The molecule has 3 aromatic rings. The highest BCUT2D eigenvalue weighted by atomic mass is 16.5. The summed E-state index contributed by atoms with van der Waals surface area (Å²) in [6.45, 7) is 0.280. The summed E-state index contributed by atoms with van der Waals surface area (Å²) in [6.07, 6.45) is 0. The number of benzene rings is 2. The molecule has 2 N–H and O–H groups in total. The van der Waals surface area contributed by atoms with Crippen LogP contribution in [0.3, 0.4) is 0 Å². The summed E-state index contributed by atoms with van der Waals surface area (Å²) in [5.41, 5.74) is 7.73. The molecule has 1 heterocycles. The van der Waals surface area contributed by atoms with Gasteiger partial charge in [-0.2, -0.15) is 5.26 Å². The van der Waals surface area contributed by atoms with Gasteiger partial charge in [-0.25, -0.2) is 0 Å². The van der Waals surface area contributed by atoms with Gasteiger partial charge < -0.3 is 14.9 Å². The second-order valence-electron chi connectivity index (χ2n) is 4.70. The van der Waals surface area contributed by atoms with Crippen molar-refractivity contribution in [2.24, 2.45) is 5.73 Å². The van der Waals surface area contributed by atoms with Crippen LogP contribution in [0.5, 0.6) is 5.75 Å². The molecule has 0 spiro atoms. The Labute approximate surface area is 122 Å². The van der Waals surface area contributed by atoms with Gasteiger partial charge in [0.25, 0.3) is 0 Å². The van der Waals surface area contributed by atoms with E-state index in [4.69, 9.17) is 20.1 Å². The van der Waals surface area contributed by atoms with Gasteiger partial charge in [-0.3, -0.25) is 0 Å². The van der Waals surface area contributed by atoms with Gasteiger partial charge in [0.2, 0.25) is 5.76 Å². The maximum atomic E-state index is 9.15. The SMILES string of the molecule is N#Cc1oc2ccccc2c1OCC(N)c1ccccc1. The first-order valence-electron chi connectivity index (χ1n) is 6.64. The second kappa shape index (κ2) is 5.70. The maximum Gasteiger partial charge on any atom is 0.246 e. The van der Waals surface area contributed by atoms with Crippen molar-refractivity contribution in [3.05, 3.63) is 65.9 Å². The number of hydrogen-bond acceptors (Lipinski definition) is 4. The fourth-order valence-electron chi connectivity index (χ4n) is 2.21. The van der Waals surface area contributed by atoms with Crippen LogP contribution in [0.1, 0.15) is 17.4 Å². The van der Waals surface area contributed by atoms with E-state index in [-0.39, 0.29) is 18.4 Å². The van der Waals surface area contributed by atoms with Crippen LogP contribution in [0.4, 0.5) is 0 Å². The van der Waals surface area contributed by atoms with Crippen molar-refractivity contribution in [2.75, 3.05) is 6.61 Å². The summed E-state index contributed by atoms with van der Waals surface area (Å²) in [4.78, 5) is 0. The molecule has 0 saturated carbocycles. The number of rotatable bonds is 4. The van der Waals surface area contributed by atoms with Crippen molar-refractivity contribution >= 4 is 11.0 Å². The van der Waals surface area contributed by atoms with E-state index in [2.05, 4.69) is 0 Å². The molecule has 3 rings (SSSR count). The molecule has 0 aliphatic rings. The van der Waals surface area contributed by atoms with E-state index >= 15 is 0 Å². The average Bonchev–Trinajstić information content (AvgIpc) is 2.91. The molecule has 0 saturated heterocycles. The fourth-order valence-corrected chi connectivity index (χ4v) is 2.21. The molecular weight excluding hydrogens is 264 g/mol. The highest BCUT2D eigenvalue weighted by Gasteiger charge is 2.16. The molecule has 4 heteroatoms. The number of nitriles is 1. The average molecular weight is 278 g/mol. The molecule has 0 radical (unpaired) electrons. The van der Waals surface area contributed by atoms with Crippen LogP contribution in [0.2, 0.25) is 0 Å². The summed E-state index contributed by atoms with van der Waals surface area (Å²) < 4.78 is 11.2. The molecule has 1 atom stereocenters. The molecule has 21 heavy (non-hydrogen) atoms. The number of para-hydroxylation sites is 1. The molecule has 0 amide bonds. The number of fused-ring (bicyclic) bond motifs is 1. The van der Waals surface area contributed by atoms with Crippen LogP contribution in [0.25, 0.3) is 11.0 Å². The lowest BCUT2D eigenvalue weighted by Crippen LogP contribution is -2.19. The van der Waals surface area contributed by atoms with Crippen molar-refractivity contribution in [1.29, 1.82) is 5.26 Å². The van der Waals surface area contributed by atoms with E-state index in [1.54, 1.807) is 6.07 Å². The standard InChI is InChI=1S/C17H14N2O2/c18-10-16-17(13-8-4-5-9-15(13)21-16)20-11-14(19)12-6-2-1-3-7-12/h1-9,14H,11,19H2. The third-order valence-electron chi connectivity index (χ3n) is 3.29. The Kier molecular flexibility index (Phi) is 3.59. The molecule has 1 aromatic heterocycles. The molecule has 0 bridgehead atoms. The van der Waals surface area contributed by atoms with Gasteiger partial charge in [-0.1, -0.05) is 42.5 Å². The Morgan fingerprint density at radius 1 is 1.10 bits per heavy atom. The maximum absolute atomic E-state index is 9.15. The van der Waals surface area contributed by atoms with Crippen LogP contribution in [-0.2, 0) is 0 Å². The monoisotopic (exact) mass is 278 g/mol. The number of furan rings is 1. The summed E-state index contributed by atoms with van der Waals surface area (Å²) in [5, 5.41) is 9.93. The molecule has 104 valence electrons. The Morgan fingerprint density at radius 2 is 1.81 bits per heavy atom. The molecular formula is C17H14N2O2. The second-order valence-corrected chi connectivity index (χ2v) is 4.70. The summed E-state index contributed by atoms with van der Waals surface area (Å²) in [5.74, 6) is 0.635. The van der Waals surface area contributed by atoms with Crippen molar-refractivity contribution < 1.29 is 9.15 Å². The Bertz CT molecular complexity index is 787. The number of nitrogens with two attached hydrogens (primary N) is 1. The quantitative estimate of drug-likeness (QED) is 0.794. The van der Waals surface area contributed by atoms with E-state index in [0.717, 1.165) is 10.9 Å². The normalized spacial score (nSPS) is 12.0. The molecule has 0 aliphatic carbocycles. The van der Waals surface area contributed by atoms with Crippen LogP contribution in [0, 0.1) is 11.3 Å². The molecule has 0 aliphatic heterocycles. The molecule has 2 aromatic carbocycles. The first-order chi connectivity index (χ1) is 10.3. The molecule has 0 fully saturated rings. The summed E-state index contributed by atoms with van der Waals surface area (Å²) >= 11 is 0. The van der Waals surface area contributed by atoms with Crippen molar-refractivity contribution in [1.82, 2.24) is 0 Å². The largest absolute Gasteiger partial charge is 0.486 e. The first-order valence-corrected chi connectivity index (χ1v) is 6.64. The highest BCUT2D eigenvalue weighted by Crippen LogP contribution is 2.32. The minimum atomic E-state index is -0.258. The van der Waals surface area contributed by atoms with Gasteiger partial charge in [0.1, 0.15) is 18.3 Å². The van der Waals surface area contributed by atoms with E-state index in [1.165, 1.54) is 0 Å². The minimum absolute atomic E-state index is 0.177. The predicted molar refractivity (Wildman–Crippen MR) is 79.8 cm³/mol.